The van der Waals surface area contributed by atoms with Gasteiger partial charge in [0.05, 0.1) is 5.69 Å². The van der Waals surface area contributed by atoms with Gasteiger partial charge in [0, 0.05) is 24.0 Å². The molecule has 0 N–H and O–H groups in total. The fraction of sp³-hybridized carbons (Fsp3) is 0.400. The highest BCUT2D eigenvalue weighted by atomic mass is 35.5. The van der Waals surface area contributed by atoms with Crippen LogP contribution >= 0.6 is 11.6 Å². The van der Waals surface area contributed by atoms with Crippen LogP contribution in [0.5, 0.6) is 0 Å². The quantitative estimate of drug-likeness (QED) is 0.744. The summed E-state index contributed by atoms with van der Waals surface area (Å²) in [6, 6.07) is 12.9. The Kier molecular flexibility index (Phi) is 4.43. The third kappa shape index (κ3) is 3.14. The minimum atomic E-state index is 0.336. The van der Waals surface area contributed by atoms with Crippen molar-refractivity contribution in [2.75, 3.05) is 5.88 Å². The molecule has 0 fully saturated rings. The van der Waals surface area contributed by atoms with Crippen LogP contribution in [-0.4, -0.2) is 15.7 Å². The van der Waals surface area contributed by atoms with E-state index in [1.807, 2.05) is 16.9 Å². The molecule has 0 amide bonds. The molecular weight excluding hydrogens is 244 g/mol. The fourth-order valence-corrected chi connectivity index (χ4v) is 2.30. The summed E-state index contributed by atoms with van der Waals surface area (Å²) in [6.07, 6.45) is 2.93. The van der Waals surface area contributed by atoms with Crippen LogP contribution in [0.3, 0.4) is 0 Å². The molecular formula is C15H19ClN2. The van der Waals surface area contributed by atoms with E-state index < -0.39 is 0 Å². The summed E-state index contributed by atoms with van der Waals surface area (Å²) in [5.41, 5.74) is 2.39. The van der Waals surface area contributed by atoms with Gasteiger partial charge in [0.15, 0.2) is 0 Å². The largest absolute Gasteiger partial charge is 0.270 e. The van der Waals surface area contributed by atoms with Crippen molar-refractivity contribution in [3.63, 3.8) is 0 Å². The minimum Gasteiger partial charge on any atom is -0.270 e. The molecule has 2 rings (SSSR count). The summed E-state index contributed by atoms with van der Waals surface area (Å²) in [4.78, 5) is 0. The number of benzene rings is 1. The van der Waals surface area contributed by atoms with Crippen LogP contribution in [0, 0.1) is 0 Å². The first-order valence-corrected chi connectivity index (χ1v) is 6.89. The van der Waals surface area contributed by atoms with Gasteiger partial charge in [-0.1, -0.05) is 30.3 Å². The second kappa shape index (κ2) is 6.05. The Labute approximate surface area is 114 Å². The van der Waals surface area contributed by atoms with E-state index in [-0.39, 0.29) is 0 Å². The minimum absolute atomic E-state index is 0.336. The van der Waals surface area contributed by atoms with Crippen LogP contribution in [-0.2, 0) is 6.42 Å². The molecule has 0 aliphatic rings. The van der Waals surface area contributed by atoms with Crippen molar-refractivity contribution >= 4 is 11.6 Å². The molecule has 1 unspecified atom stereocenters. The van der Waals surface area contributed by atoms with Gasteiger partial charge in [0.25, 0.3) is 0 Å². The van der Waals surface area contributed by atoms with Gasteiger partial charge in [0.1, 0.15) is 0 Å². The van der Waals surface area contributed by atoms with Crippen molar-refractivity contribution in [3.8, 4) is 0 Å². The molecule has 18 heavy (non-hydrogen) atoms. The number of nitrogens with zero attached hydrogens (tertiary/aromatic N) is 2. The summed E-state index contributed by atoms with van der Waals surface area (Å²) in [5.74, 6) is 0.960. The van der Waals surface area contributed by atoms with E-state index in [4.69, 9.17) is 11.6 Å². The van der Waals surface area contributed by atoms with Crippen LogP contribution in [0.15, 0.2) is 42.6 Å². The molecule has 0 aliphatic heterocycles. The Morgan fingerprint density at radius 2 is 1.89 bits per heavy atom. The molecule has 0 saturated heterocycles. The molecule has 0 aliphatic carbocycles. The number of hydrogen-bond acceptors (Lipinski definition) is 1. The zero-order chi connectivity index (χ0) is 13.0. The monoisotopic (exact) mass is 262 g/mol. The average Bonchev–Trinajstić information content (AvgIpc) is 2.86. The third-order valence-corrected chi connectivity index (χ3v) is 3.48. The van der Waals surface area contributed by atoms with Crippen LogP contribution in [0.1, 0.15) is 37.1 Å². The standard InChI is InChI=1S/C15H19ClN2/c1-12(2)18-9-8-15(17-18)10-14(11-16)13-6-4-3-5-7-13/h3-9,12,14H,10-11H2,1-2H3. The lowest BCUT2D eigenvalue weighted by Crippen LogP contribution is -2.07. The SMILES string of the molecule is CC(C)n1ccc(CC(CCl)c2ccccc2)n1. The predicted molar refractivity (Wildman–Crippen MR) is 76.2 cm³/mol. The first-order valence-electron chi connectivity index (χ1n) is 6.35. The zero-order valence-electron chi connectivity index (χ0n) is 10.9. The van der Waals surface area contributed by atoms with E-state index in [9.17, 15) is 0 Å². The molecule has 1 heterocycles. The Morgan fingerprint density at radius 1 is 1.17 bits per heavy atom. The Hall–Kier alpha value is -1.28. The Morgan fingerprint density at radius 3 is 2.44 bits per heavy atom. The van der Waals surface area contributed by atoms with Gasteiger partial charge in [-0.05, 0) is 31.9 Å². The molecule has 0 spiro atoms. The summed E-state index contributed by atoms with van der Waals surface area (Å²) >= 11 is 6.09. The normalized spacial score (nSPS) is 12.9. The summed E-state index contributed by atoms with van der Waals surface area (Å²) < 4.78 is 1.99. The average molecular weight is 263 g/mol. The lowest BCUT2D eigenvalue weighted by Gasteiger charge is -2.12. The lowest BCUT2D eigenvalue weighted by atomic mass is 9.96. The molecule has 2 nitrogen and oxygen atoms in total. The highest BCUT2D eigenvalue weighted by Crippen LogP contribution is 2.21. The van der Waals surface area contributed by atoms with Crippen molar-refractivity contribution in [1.29, 1.82) is 0 Å². The predicted octanol–water partition coefficient (Wildman–Crippen LogP) is 4.03. The second-order valence-corrected chi connectivity index (χ2v) is 5.16. The van der Waals surface area contributed by atoms with Gasteiger partial charge in [-0.2, -0.15) is 5.10 Å². The zero-order valence-corrected chi connectivity index (χ0v) is 11.6. The highest BCUT2D eigenvalue weighted by Gasteiger charge is 2.13. The summed E-state index contributed by atoms with van der Waals surface area (Å²) in [6.45, 7) is 4.26. The molecule has 2 aromatic rings. The molecule has 3 heteroatoms. The molecule has 1 aromatic heterocycles. The number of alkyl halides is 1. The van der Waals surface area contributed by atoms with E-state index in [1.54, 1.807) is 0 Å². The first-order chi connectivity index (χ1) is 8.70. The van der Waals surface area contributed by atoms with Gasteiger partial charge in [-0.25, -0.2) is 0 Å². The molecule has 1 aromatic carbocycles. The maximum atomic E-state index is 6.09. The van der Waals surface area contributed by atoms with Crippen LogP contribution < -0.4 is 0 Å². The van der Waals surface area contributed by atoms with Crippen molar-refractivity contribution in [2.24, 2.45) is 0 Å². The molecule has 0 bridgehead atoms. The number of rotatable bonds is 5. The highest BCUT2D eigenvalue weighted by molar-refractivity contribution is 6.18. The summed E-state index contributed by atoms with van der Waals surface area (Å²) in [5, 5.41) is 4.58. The van der Waals surface area contributed by atoms with Crippen molar-refractivity contribution in [3.05, 3.63) is 53.9 Å². The lowest BCUT2D eigenvalue weighted by molar-refractivity contribution is 0.523. The van der Waals surface area contributed by atoms with Gasteiger partial charge < -0.3 is 0 Å². The number of hydrogen-bond donors (Lipinski definition) is 0. The summed E-state index contributed by atoms with van der Waals surface area (Å²) in [7, 11) is 0. The Balaban J connectivity index is 2.10. The third-order valence-electron chi connectivity index (χ3n) is 3.11. The van der Waals surface area contributed by atoms with E-state index in [2.05, 4.69) is 49.3 Å². The van der Waals surface area contributed by atoms with Gasteiger partial charge >= 0.3 is 0 Å². The molecule has 0 saturated carbocycles. The van der Waals surface area contributed by atoms with Gasteiger partial charge in [0.2, 0.25) is 0 Å². The maximum Gasteiger partial charge on any atom is 0.0631 e. The van der Waals surface area contributed by atoms with E-state index >= 15 is 0 Å². The smallest absolute Gasteiger partial charge is 0.0631 e. The molecule has 96 valence electrons. The Bertz CT molecular complexity index is 476. The molecule has 0 radical (unpaired) electrons. The topological polar surface area (TPSA) is 17.8 Å². The van der Waals surface area contributed by atoms with Crippen LogP contribution in [0.4, 0.5) is 0 Å². The second-order valence-electron chi connectivity index (χ2n) is 4.85. The van der Waals surface area contributed by atoms with Crippen LogP contribution in [0.25, 0.3) is 0 Å². The maximum absolute atomic E-state index is 6.09. The van der Waals surface area contributed by atoms with E-state index in [0.717, 1.165) is 12.1 Å². The molecule has 1 atom stereocenters. The number of aromatic nitrogens is 2. The number of halogens is 1. The van der Waals surface area contributed by atoms with Crippen LogP contribution in [0.2, 0.25) is 0 Å². The van der Waals surface area contributed by atoms with Gasteiger partial charge in [-0.15, -0.1) is 11.6 Å². The van der Waals surface area contributed by atoms with Crippen molar-refractivity contribution in [2.45, 2.75) is 32.2 Å². The first kappa shape index (κ1) is 13.2. The van der Waals surface area contributed by atoms with E-state index in [0.29, 0.717) is 17.8 Å². The van der Waals surface area contributed by atoms with E-state index in [1.165, 1.54) is 5.56 Å². The fourth-order valence-electron chi connectivity index (χ4n) is 2.01. The van der Waals surface area contributed by atoms with Crippen molar-refractivity contribution in [1.82, 2.24) is 9.78 Å². The van der Waals surface area contributed by atoms with Gasteiger partial charge in [-0.3, -0.25) is 4.68 Å². The van der Waals surface area contributed by atoms with Crippen molar-refractivity contribution < 1.29 is 0 Å².